The molecule has 0 atom stereocenters. The number of aryl methyl sites for hydroxylation is 2. The molecular weight excluding hydrogens is 345 g/mol. The highest BCUT2D eigenvalue weighted by Gasteiger charge is 2.19. The van der Waals surface area contributed by atoms with Gasteiger partial charge >= 0.3 is 0 Å². The molecule has 0 aliphatic carbocycles. The molecule has 0 aliphatic heterocycles. The molecule has 1 aromatic carbocycles. The third-order valence-electron chi connectivity index (χ3n) is 3.90. The second-order valence-corrected chi connectivity index (χ2v) is 6.16. The Morgan fingerprint density at radius 1 is 1.28 bits per heavy atom. The summed E-state index contributed by atoms with van der Waals surface area (Å²) in [6.45, 7) is 3.87. The molecule has 0 aliphatic rings. The maximum Gasteiger partial charge on any atom is 0.277 e. The van der Waals surface area contributed by atoms with E-state index in [-0.39, 0.29) is 23.1 Å². The maximum absolute atomic E-state index is 13.9. The van der Waals surface area contributed by atoms with Crippen molar-refractivity contribution in [3.8, 4) is 0 Å². The first-order chi connectivity index (χ1) is 11.9. The Balaban J connectivity index is 1.86. The fraction of sp³-hybridized carbons (Fsp3) is 0.235. The Kier molecular flexibility index (Phi) is 4.59. The van der Waals surface area contributed by atoms with Crippen molar-refractivity contribution in [2.75, 3.05) is 5.32 Å². The van der Waals surface area contributed by atoms with Crippen LogP contribution in [-0.2, 0) is 13.6 Å². The van der Waals surface area contributed by atoms with Gasteiger partial charge < -0.3 is 5.32 Å². The number of halogens is 2. The fourth-order valence-electron chi connectivity index (χ4n) is 2.61. The summed E-state index contributed by atoms with van der Waals surface area (Å²) in [5.74, 6) is -0.705. The zero-order chi connectivity index (χ0) is 18.1. The van der Waals surface area contributed by atoms with Gasteiger partial charge in [-0.05, 0) is 19.9 Å². The minimum Gasteiger partial charge on any atom is -0.317 e. The van der Waals surface area contributed by atoms with Gasteiger partial charge in [0.1, 0.15) is 5.82 Å². The summed E-state index contributed by atoms with van der Waals surface area (Å²) in [5.41, 5.74) is 2.60. The quantitative estimate of drug-likeness (QED) is 0.775. The van der Waals surface area contributed by atoms with Gasteiger partial charge in [-0.15, -0.1) is 0 Å². The van der Waals surface area contributed by atoms with Gasteiger partial charge in [0.2, 0.25) is 0 Å². The SMILES string of the molecule is Cc1nn(Cc2ccccc2F)c(C)c1NC(=O)c1nn(C)cc1Cl. The lowest BCUT2D eigenvalue weighted by Crippen LogP contribution is -2.15. The standard InChI is InChI=1S/C17H17ClFN5O/c1-10-15(20-17(25)16-13(18)9-23(3)22-16)11(2)24(21-10)8-12-6-4-5-7-14(12)19/h4-7,9H,8H2,1-3H3,(H,20,25). The number of amides is 1. The normalized spacial score (nSPS) is 10.9. The number of aromatic nitrogens is 4. The zero-order valence-corrected chi connectivity index (χ0v) is 14.8. The van der Waals surface area contributed by atoms with E-state index in [1.807, 2.05) is 6.92 Å². The van der Waals surface area contributed by atoms with Gasteiger partial charge in [-0.1, -0.05) is 29.8 Å². The Hall–Kier alpha value is -2.67. The summed E-state index contributed by atoms with van der Waals surface area (Å²) < 4.78 is 17.0. The Bertz CT molecular complexity index is 947. The lowest BCUT2D eigenvalue weighted by atomic mass is 10.2. The van der Waals surface area contributed by atoms with Crippen molar-refractivity contribution in [1.82, 2.24) is 19.6 Å². The predicted octanol–water partition coefficient (Wildman–Crippen LogP) is 3.33. The molecule has 0 saturated heterocycles. The third kappa shape index (κ3) is 3.41. The number of benzene rings is 1. The van der Waals surface area contributed by atoms with Gasteiger partial charge in [0.05, 0.1) is 28.6 Å². The van der Waals surface area contributed by atoms with E-state index in [0.29, 0.717) is 16.9 Å². The molecule has 3 rings (SSSR count). The smallest absolute Gasteiger partial charge is 0.277 e. The van der Waals surface area contributed by atoms with Crippen LogP contribution in [0.4, 0.5) is 10.1 Å². The monoisotopic (exact) mass is 361 g/mol. The minimum absolute atomic E-state index is 0.143. The van der Waals surface area contributed by atoms with Crippen LogP contribution in [-0.4, -0.2) is 25.5 Å². The van der Waals surface area contributed by atoms with Crippen molar-refractivity contribution in [2.45, 2.75) is 20.4 Å². The van der Waals surface area contributed by atoms with E-state index in [9.17, 15) is 9.18 Å². The predicted molar refractivity (Wildman–Crippen MR) is 93.4 cm³/mol. The molecule has 25 heavy (non-hydrogen) atoms. The van der Waals surface area contributed by atoms with Crippen LogP contribution in [0.5, 0.6) is 0 Å². The first-order valence-electron chi connectivity index (χ1n) is 7.64. The topological polar surface area (TPSA) is 64.7 Å². The van der Waals surface area contributed by atoms with Crippen LogP contribution >= 0.6 is 11.6 Å². The summed E-state index contributed by atoms with van der Waals surface area (Å²) >= 11 is 6.01. The third-order valence-corrected chi connectivity index (χ3v) is 4.17. The van der Waals surface area contributed by atoms with Crippen LogP contribution in [0, 0.1) is 19.7 Å². The van der Waals surface area contributed by atoms with Crippen LogP contribution in [0.15, 0.2) is 30.5 Å². The molecule has 1 N–H and O–H groups in total. The molecule has 8 heteroatoms. The van der Waals surface area contributed by atoms with Crippen LogP contribution in [0.1, 0.15) is 27.4 Å². The number of anilines is 1. The van der Waals surface area contributed by atoms with E-state index in [4.69, 9.17) is 11.6 Å². The number of nitrogens with zero attached hydrogens (tertiary/aromatic N) is 4. The summed E-state index contributed by atoms with van der Waals surface area (Å²) in [7, 11) is 1.69. The molecule has 0 unspecified atom stereocenters. The van der Waals surface area contributed by atoms with Gasteiger partial charge in [0.15, 0.2) is 5.69 Å². The molecule has 2 aromatic heterocycles. The lowest BCUT2D eigenvalue weighted by Gasteiger charge is -2.07. The number of carbonyl (C=O) groups is 1. The summed E-state index contributed by atoms with van der Waals surface area (Å²) in [6, 6.07) is 6.53. The molecule has 1 amide bonds. The van der Waals surface area contributed by atoms with Crippen molar-refractivity contribution in [3.05, 3.63) is 63.9 Å². The van der Waals surface area contributed by atoms with Gasteiger partial charge in [-0.3, -0.25) is 14.2 Å². The van der Waals surface area contributed by atoms with Crippen molar-refractivity contribution < 1.29 is 9.18 Å². The van der Waals surface area contributed by atoms with E-state index in [2.05, 4.69) is 15.5 Å². The van der Waals surface area contributed by atoms with Crippen molar-refractivity contribution >= 4 is 23.2 Å². The maximum atomic E-state index is 13.9. The Labute approximate surface area is 149 Å². The fourth-order valence-corrected chi connectivity index (χ4v) is 2.87. The second kappa shape index (κ2) is 6.68. The Morgan fingerprint density at radius 3 is 2.64 bits per heavy atom. The van der Waals surface area contributed by atoms with E-state index in [1.54, 1.807) is 43.0 Å². The van der Waals surface area contributed by atoms with Crippen LogP contribution < -0.4 is 5.32 Å². The summed E-state index contributed by atoms with van der Waals surface area (Å²) in [4.78, 5) is 12.4. The first kappa shape index (κ1) is 17.2. The highest BCUT2D eigenvalue weighted by atomic mass is 35.5. The van der Waals surface area contributed by atoms with E-state index < -0.39 is 5.91 Å². The number of carbonyl (C=O) groups excluding carboxylic acids is 1. The average molecular weight is 362 g/mol. The molecule has 0 bridgehead atoms. The van der Waals surface area contributed by atoms with E-state index >= 15 is 0 Å². The highest BCUT2D eigenvalue weighted by Crippen LogP contribution is 2.23. The molecule has 6 nitrogen and oxygen atoms in total. The number of rotatable bonds is 4. The molecule has 0 saturated carbocycles. The van der Waals surface area contributed by atoms with Crippen molar-refractivity contribution in [2.24, 2.45) is 7.05 Å². The van der Waals surface area contributed by atoms with Gasteiger partial charge in [-0.25, -0.2) is 4.39 Å². The van der Waals surface area contributed by atoms with Crippen LogP contribution in [0.25, 0.3) is 0 Å². The molecule has 0 fully saturated rings. The molecule has 3 aromatic rings. The van der Waals surface area contributed by atoms with Crippen molar-refractivity contribution in [3.63, 3.8) is 0 Å². The molecule has 0 radical (unpaired) electrons. The lowest BCUT2D eigenvalue weighted by molar-refractivity contribution is 0.102. The minimum atomic E-state index is -0.415. The first-order valence-corrected chi connectivity index (χ1v) is 8.02. The van der Waals surface area contributed by atoms with Gasteiger partial charge in [-0.2, -0.15) is 10.2 Å². The molecule has 0 spiro atoms. The molecular formula is C17H17ClFN5O. The van der Waals surface area contributed by atoms with E-state index in [1.165, 1.54) is 10.7 Å². The molecule has 2 heterocycles. The number of hydrogen-bond acceptors (Lipinski definition) is 3. The summed E-state index contributed by atoms with van der Waals surface area (Å²) in [5, 5.41) is 11.5. The number of hydrogen-bond donors (Lipinski definition) is 1. The van der Waals surface area contributed by atoms with Gasteiger partial charge in [0, 0.05) is 18.8 Å². The average Bonchev–Trinajstić information content (AvgIpc) is 3.03. The van der Waals surface area contributed by atoms with Crippen LogP contribution in [0.2, 0.25) is 5.02 Å². The largest absolute Gasteiger partial charge is 0.317 e. The van der Waals surface area contributed by atoms with Crippen LogP contribution in [0.3, 0.4) is 0 Å². The zero-order valence-electron chi connectivity index (χ0n) is 14.0. The second-order valence-electron chi connectivity index (χ2n) is 5.75. The summed E-state index contributed by atoms with van der Waals surface area (Å²) in [6.07, 6.45) is 1.55. The van der Waals surface area contributed by atoms with Gasteiger partial charge in [0.25, 0.3) is 5.91 Å². The highest BCUT2D eigenvalue weighted by molar-refractivity contribution is 6.34. The Morgan fingerprint density at radius 2 is 2.00 bits per heavy atom. The molecule has 130 valence electrons. The number of nitrogens with one attached hydrogen (secondary N) is 1. The van der Waals surface area contributed by atoms with E-state index in [0.717, 1.165) is 5.69 Å². The van der Waals surface area contributed by atoms with Crippen molar-refractivity contribution in [1.29, 1.82) is 0 Å².